The Morgan fingerprint density at radius 1 is 1.33 bits per heavy atom. The zero-order valence-corrected chi connectivity index (χ0v) is 11.3. The molecule has 0 heterocycles. The molecule has 1 saturated carbocycles. The van der Waals surface area contributed by atoms with Gasteiger partial charge in [0.2, 0.25) is 0 Å². The molecular weight excluding hydrogens is 226 g/mol. The molecule has 3 nitrogen and oxygen atoms in total. The maximum absolute atomic E-state index is 11.6. The van der Waals surface area contributed by atoms with Crippen molar-refractivity contribution in [3.8, 4) is 0 Å². The van der Waals surface area contributed by atoms with E-state index in [2.05, 4.69) is 19.2 Å². The zero-order valence-electron chi connectivity index (χ0n) is 11.3. The average molecular weight is 247 g/mol. The summed E-state index contributed by atoms with van der Waals surface area (Å²) in [7, 11) is 0. The van der Waals surface area contributed by atoms with Crippen LogP contribution in [0.4, 0.5) is 5.69 Å². The van der Waals surface area contributed by atoms with Crippen molar-refractivity contribution in [2.24, 2.45) is 5.41 Å². The molecule has 1 unspecified atom stereocenters. The van der Waals surface area contributed by atoms with E-state index in [1.54, 1.807) is 0 Å². The Morgan fingerprint density at radius 2 is 2.06 bits per heavy atom. The summed E-state index contributed by atoms with van der Waals surface area (Å²) in [6.45, 7) is 6.28. The lowest BCUT2D eigenvalue weighted by atomic mass is 9.87. The van der Waals surface area contributed by atoms with Crippen molar-refractivity contribution in [2.75, 3.05) is 5.32 Å². The van der Waals surface area contributed by atoms with E-state index in [1.807, 2.05) is 31.2 Å². The third kappa shape index (κ3) is 2.50. The summed E-state index contributed by atoms with van der Waals surface area (Å²) in [4.78, 5) is 11.6. The number of nitrogens with one attached hydrogen (secondary N) is 1. The van der Waals surface area contributed by atoms with E-state index in [0.717, 1.165) is 17.7 Å². The van der Waals surface area contributed by atoms with Crippen molar-refractivity contribution in [1.29, 1.82) is 0 Å². The Balaban J connectivity index is 2.26. The predicted octanol–water partition coefficient (Wildman–Crippen LogP) is 3.44. The molecule has 1 aromatic rings. The predicted molar refractivity (Wildman–Crippen MR) is 72.8 cm³/mol. The van der Waals surface area contributed by atoms with Gasteiger partial charge in [-0.1, -0.05) is 26.0 Å². The summed E-state index contributed by atoms with van der Waals surface area (Å²) >= 11 is 0. The highest BCUT2D eigenvalue weighted by atomic mass is 16.4. The molecule has 2 rings (SSSR count). The van der Waals surface area contributed by atoms with Crippen LogP contribution in [-0.4, -0.2) is 16.6 Å². The lowest BCUT2D eigenvalue weighted by molar-refractivity contribution is -0.142. The second-order valence-corrected chi connectivity index (χ2v) is 6.22. The number of carboxylic acids is 1. The number of aliphatic carboxylic acids is 1. The number of hydrogen-bond acceptors (Lipinski definition) is 2. The Kier molecular flexibility index (Phi) is 3.09. The van der Waals surface area contributed by atoms with Gasteiger partial charge in [-0.3, -0.25) is 0 Å². The minimum atomic E-state index is -0.808. The van der Waals surface area contributed by atoms with Crippen molar-refractivity contribution in [2.45, 2.75) is 45.6 Å². The SMILES string of the molecule is Cc1cccc(NC2(C(=O)O)CCC(C)(C)C2)c1. The Labute approximate surface area is 108 Å². The molecule has 0 amide bonds. The molecule has 1 atom stereocenters. The summed E-state index contributed by atoms with van der Waals surface area (Å²) < 4.78 is 0. The molecule has 98 valence electrons. The summed E-state index contributed by atoms with van der Waals surface area (Å²) in [6.07, 6.45) is 2.30. The first-order chi connectivity index (χ1) is 8.33. The lowest BCUT2D eigenvalue weighted by Gasteiger charge is -2.29. The van der Waals surface area contributed by atoms with E-state index in [0.29, 0.717) is 12.8 Å². The smallest absolute Gasteiger partial charge is 0.329 e. The van der Waals surface area contributed by atoms with Crippen molar-refractivity contribution in [3.63, 3.8) is 0 Å². The highest BCUT2D eigenvalue weighted by Gasteiger charge is 2.48. The fourth-order valence-electron chi connectivity index (χ4n) is 2.89. The second-order valence-electron chi connectivity index (χ2n) is 6.22. The van der Waals surface area contributed by atoms with Crippen LogP contribution >= 0.6 is 0 Å². The van der Waals surface area contributed by atoms with Crippen LogP contribution in [0, 0.1) is 12.3 Å². The van der Waals surface area contributed by atoms with Gasteiger partial charge in [0.25, 0.3) is 0 Å². The molecular formula is C15H21NO2. The normalized spacial score (nSPS) is 25.9. The maximum atomic E-state index is 11.6. The van der Waals surface area contributed by atoms with E-state index in [-0.39, 0.29) is 5.41 Å². The van der Waals surface area contributed by atoms with Crippen molar-refractivity contribution in [3.05, 3.63) is 29.8 Å². The van der Waals surface area contributed by atoms with E-state index in [9.17, 15) is 9.90 Å². The van der Waals surface area contributed by atoms with Crippen LogP contribution in [0.5, 0.6) is 0 Å². The number of anilines is 1. The van der Waals surface area contributed by atoms with Gasteiger partial charge >= 0.3 is 5.97 Å². The van der Waals surface area contributed by atoms with Crippen molar-refractivity contribution in [1.82, 2.24) is 0 Å². The Morgan fingerprint density at radius 3 is 2.56 bits per heavy atom. The molecule has 1 fully saturated rings. The second kappa shape index (κ2) is 4.30. The van der Waals surface area contributed by atoms with Crippen LogP contribution in [-0.2, 0) is 4.79 Å². The van der Waals surface area contributed by atoms with E-state index >= 15 is 0 Å². The molecule has 0 saturated heterocycles. The van der Waals surface area contributed by atoms with E-state index < -0.39 is 11.5 Å². The van der Waals surface area contributed by atoms with Gasteiger partial charge in [0.05, 0.1) is 0 Å². The van der Waals surface area contributed by atoms with Crippen molar-refractivity contribution >= 4 is 11.7 Å². The van der Waals surface area contributed by atoms with Crippen molar-refractivity contribution < 1.29 is 9.90 Å². The zero-order chi connectivity index (χ0) is 13.4. The molecule has 0 spiro atoms. The van der Waals surface area contributed by atoms with Gasteiger partial charge in [-0.2, -0.15) is 0 Å². The largest absolute Gasteiger partial charge is 0.480 e. The molecule has 3 heteroatoms. The minimum absolute atomic E-state index is 0.0925. The van der Waals surface area contributed by atoms with Crippen LogP contribution < -0.4 is 5.32 Å². The number of aryl methyl sites for hydroxylation is 1. The van der Waals surface area contributed by atoms with Gasteiger partial charge in [0.15, 0.2) is 0 Å². The van der Waals surface area contributed by atoms with Gasteiger partial charge in [-0.25, -0.2) is 4.79 Å². The number of hydrogen-bond donors (Lipinski definition) is 2. The van der Waals surface area contributed by atoms with Crippen LogP contribution in [0.2, 0.25) is 0 Å². The molecule has 1 aliphatic carbocycles. The summed E-state index contributed by atoms with van der Waals surface area (Å²) in [5, 5.41) is 12.8. The van der Waals surface area contributed by atoms with Gasteiger partial charge in [0, 0.05) is 5.69 Å². The summed E-state index contributed by atoms with van der Waals surface area (Å²) in [5.41, 5.74) is 1.32. The van der Waals surface area contributed by atoms with E-state index in [1.165, 1.54) is 0 Å². The fourth-order valence-corrected chi connectivity index (χ4v) is 2.89. The number of benzene rings is 1. The molecule has 0 radical (unpaired) electrons. The molecule has 0 aromatic heterocycles. The molecule has 1 aromatic carbocycles. The van der Waals surface area contributed by atoms with E-state index in [4.69, 9.17) is 0 Å². The number of rotatable bonds is 3. The maximum Gasteiger partial charge on any atom is 0.329 e. The monoisotopic (exact) mass is 247 g/mol. The lowest BCUT2D eigenvalue weighted by Crippen LogP contribution is -2.44. The number of carboxylic acid groups (broad SMARTS) is 1. The topological polar surface area (TPSA) is 49.3 Å². The molecule has 18 heavy (non-hydrogen) atoms. The van der Waals surface area contributed by atoms with Gasteiger partial charge in [-0.05, 0) is 49.3 Å². The third-order valence-electron chi connectivity index (χ3n) is 3.82. The third-order valence-corrected chi connectivity index (χ3v) is 3.82. The summed E-state index contributed by atoms with van der Waals surface area (Å²) in [6, 6.07) is 7.89. The van der Waals surface area contributed by atoms with Gasteiger partial charge in [-0.15, -0.1) is 0 Å². The summed E-state index contributed by atoms with van der Waals surface area (Å²) in [5.74, 6) is -0.741. The minimum Gasteiger partial charge on any atom is -0.480 e. The standard InChI is InChI=1S/C15H21NO2/c1-11-5-4-6-12(9-11)16-15(13(17)18)8-7-14(2,3)10-15/h4-6,9,16H,7-8,10H2,1-3H3,(H,17,18). The highest BCUT2D eigenvalue weighted by Crippen LogP contribution is 2.45. The molecule has 2 N–H and O–H groups in total. The number of carbonyl (C=O) groups is 1. The fraction of sp³-hybridized carbons (Fsp3) is 0.533. The van der Waals surface area contributed by atoms with Crippen LogP contribution in [0.3, 0.4) is 0 Å². The molecule has 0 aliphatic heterocycles. The quantitative estimate of drug-likeness (QED) is 0.860. The van der Waals surface area contributed by atoms with Crippen LogP contribution in [0.15, 0.2) is 24.3 Å². The van der Waals surface area contributed by atoms with Crippen LogP contribution in [0.1, 0.15) is 38.7 Å². The Bertz CT molecular complexity index is 467. The van der Waals surface area contributed by atoms with Gasteiger partial charge in [0.1, 0.15) is 5.54 Å². The average Bonchev–Trinajstić information content (AvgIpc) is 2.55. The van der Waals surface area contributed by atoms with Crippen LogP contribution in [0.25, 0.3) is 0 Å². The first-order valence-electron chi connectivity index (χ1n) is 6.41. The van der Waals surface area contributed by atoms with Gasteiger partial charge < -0.3 is 10.4 Å². The highest BCUT2D eigenvalue weighted by molar-refractivity contribution is 5.83. The Hall–Kier alpha value is -1.51. The molecule has 1 aliphatic rings. The first-order valence-corrected chi connectivity index (χ1v) is 6.41. The first kappa shape index (κ1) is 12.9. The molecule has 0 bridgehead atoms.